The van der Waals surface area contributed by atoms with E-state index in [4.69, 9.17) is 5.73 Å². The SMILES string of the molecule is CC(C)C[C@H](NC(=O)[C@H](Cc1ccccc1)NC(=O)CNC(=O)C(C)(CO)NC(=O)[C@@H](N)Cc1ccc(O)cc1)C(=O)O. The zero-order valence-electron chi connectivity index (χ0n) is 24.5. The molecule has 43 heavy (non-hydrogen) atoms. The summed E-state index contributed by atoms with van der Waals surface area (Å²) in [5.41, 5.74) is 5.52. The van der Waals surface area contributed by atoms with Crippen LogP contribution in [0.25, 0.3) is 0 Å². The summed E-state index contributed by atoms with van der Waals surface area (Å²) in [4.78, 5) is 63.2. The Morgan fingerprint density at radius 1 is 0.860 bits per heavy atom. The smallest absolute Gasteiger partial charge is 0.326 e. The second-order valence-electron chi connectivity index (χ2n) is 11.0. The highest BCUT2D eigenvalue weighted by Gasteiger charge is 2.36. The number of carbonyl (C=O) groups excluding carboxylic acids is 4. The van der Waals surface area contributed by atoms with E-state index in [1.165, 1.54) is 19.1 Å². The minimum absolute atomic E-state index is 0.0116. The Bertz CT molecular complexity index is 1250. The van der Waals surface area contributed by atoms with Gasteiger partial charge in [0.2, 0.25) is 23.6 Å². The van der Waals surface area contributed by atoms with Gasteiger partial charge in [0.1, 0.15) is 23.4 Å². The van der Waals surface area contributed by atoms with Gasteiger partial charge in [-0.25, -0.2) is 4.79 Å². The molecule has 0 saturated heterocycles. The number of rotatable bonds is 16. The molecule has 0 aliphatic rings. The molecule has 9 N–H and O–H groups in total. The molecule has 0 aliphatic carbocycles. The van der Waals surface area contributed by atoms with E-state index in [0.29, 0.717) is 11.1 Å². The molecule has 2 aromatic rings. The molecule has 0 saturated carbocycles. The maximum absolute atomic E-state index is 13.1. The van der Waals surface area contributed by atoms with Crippen LogP contribution < -0.4 is 27.0 Å². The third kappa shape index (κ3) is 11.4. The van der Waals surface area contributed by atoms with Crippen LogP contribution in [0.15, 0.2) is 54.6 Å². The van der Waals surface area contributed by atoms with E-state index in [1.807, 2.05) is 13.8 Å². The van der Waals surface area contributed by atoms with Gasteiger partial charge in [-0.1, -0.05) is 56.3 Å². The van der Waals surface area contributed by atoms with Crippen molar-refractivity contribution in [3.8, 4) is 5.75 Å². The number of phenols is 1. The molecule has 13 heteroatoms. The fourth-order valence-electron chi connectivity index (χ4n) is 4.14. The normalized spacial score (nSPS) is 14.5. The van der Waals surface area contributed by atoms with Crippen molar-refractivity contribution in [2.24, 2.45) is 11.7 Å². The number of nitrogens with two attached hydrogens (primary N) is 1. The monoisotopic (exact) mass is 599 g/mol. The molecule has 2 rings (SSSR count). The van der Waals surface area contributed by atoms with Gasteiger partial charge < -0.3 is 42.3 Å². The highest BCUT2D eigenvalue weighted by Crippen LogP contribution is 2.12. The number of phenolic OH excluding ortho intramolecular Hbond substituents is 1. The largest absolute Gasteiger partial charge is 0.508 e. The molecular weight excluding hydrogens is 558 g/mol. The van der Waals surface area contributed by atoms with Gasteiger partial charge in [-0.2, -0.15) is 0 Å². The lowest BCUT2D eigenvalue weighted by molar-refractivity contribution is -0.142. The summed E-state index contributed by atoms with van der Waals surface area (Å²) in [5.74, 6) is -4.21. The van der Waals surface area contributed by atoms with Crippen molar-refractivity contribution in [1.82, 2.24) is 21.3 Å². The first-order chi connectivity index (χ1) is 20.2. The van der Waals surface area contributed by atoms with Gasteiger partial charge in [0.15, 0.2) is 0 Å². The summed E-state index contributed by atoms with van der Waals surface area (Å²) in [6.45, 7) is 3.50. The average molecular weight is 600 g/mol. The maximum atomic E-state index is 13.1. The van der Waals surface area contributed by atoms with Crippen LogP contribution >= 0.6 is 0 Å². The summed E-state index contributed by atoms with van der Waals surface area (Å²) < 4.78 is 0. The number of benzene rings is 2. The van der Waals surface area contributed by atoms with E-state index in [-0.39, 0.29) is 30.9 Å². The molecule has 4 atom stereocenters. The van der Waals surface area contributed by atoms with Gasteiger partial charge in [0.05, 0.1) is 19.2 Å². The van der Waals surface area contributed by atoms with E-state index in [1.54, 1.807) is 42.5 Å². The zero-order chi connectivity index (χ0) is 32.2. The quantitative estimate of drug-likeness (QED) is 0.125. The number of aromatic hydroxyl groups is 1. The summed E-state index contributed by atoms with van der Waals surface area (Å²) in [6.07, 6.45) is 0.347. The first kappa shape index (κ1) is 34.7. The van der Waals surface area contributed by atoms with Gasteiger partial charge in [-0.05, 0) is 48.9 Å². The van der Waals surface area contributed by atoms with Crippen LogP contribution in [0.3, 0.4) is 0 Å². The number of carbonyl (C=O) groups is 5. The van der Waals surface area contributed by atoms with E-state index in [9.17, 15) is 39.3 Å². The average Bonchev–Trinajstić information content (AvgIpc) is 2.96. The first-order valence-corrected chi connectivity index (χ1v) is 13.8. The lowest BCUT2D eigenvalue weighted by atomic mass is 10.00. The van der Waals surface area contributed by atoms with Gasteiger partial charge >= 0.3 is 5.97 Å². The van der Waals surface area contributed by atoms with Crippen LogP contribution in [0.5, 0.6) is 5.75 Å². The van der Waals surface area contributed by atoms with E-state index in [0.717, 1.165) is 0 Å². The Hall–Kier alpha value is -4.49. The number of aliphatic hydroxyl groups is 1. The van der Waals surface area contributed by atoms with Crippen LogP contribution in [0.2, 0.25) is 0 Å². The summed E-state index contributed by atoms with van der Waals surface area (Å²) >= 11 is 0. The number of amides is 4. The topological polar surface area (TPSA) is 220 Å². The molecule has 4 amide bonds. The number of hydrogen-bond acceptors (Lipinski definition) is 8. The predicted octanol–water partition coefficient (Wildman–Crippen LogP) is -0.412. The Morgan fingerprint density at radius 3 is 2.02 bits per heavy atom. The van der Waals surface area contributed by atoms with Crippen molar-refractivity contribution in [3.63, 3.8) is 0 Å². The molecule has 234 valence electrons. The number of carboxylic acids is 1. The minimum Gasteiger partial charge on any atom is -0.508 e. The Labute approximate surface area is 250 Å². The van der Waals surface area contributed by atoms with Crippen molar-refractivity contribution in [1.29, 1.82) is 0 Å². The predicted molar refractivity (Wildman–Crippen MR) is 158 cm³/mol. The minimum atomic E-state index is -1.82. The lowest BCUT2D eigenvalue weighted by Crippen LogP contribution is -2.63. The molecule has 0 bridgehead atoms. The molecule has 0 spiro atoms. The second-order valence-corrected chi connectivity index (χ2v) is 11.0. The van der Waals surface area contributed by atoms with Crippen LogP contribution in [-0.4, -0.2) is 81.7 Å². The summed E-state index contributed by atoms with van der Waals surface area (Å²) in [5, 5.41) is 38.6. The molecule has 2 aromatic carbocycles. The van der Waals surface area contributed by atoms with Gasteiger partial charge in [-0.15, -0.1) is 0 Å². The van der Waals surface area contributed by atoms with Crippen molar-refractivity contribution in [2.75, 3.05) is 13.2 Å². The van der Waals surface area contributed by atoms with Gasteiger partial charge in [0.25, 0.3) is 0 Å². The van der Waals surface area contributed by atoms with Crippen LogP contribution in [0, 0.1) is 5.92 Å². The summed E-state index contributed by atoms with van der Waals surface area (Å²) in [7, 11) is 0. The van der Waals surface area contributed by atoms with Crippen LogP contribution in [0.1, 0.15) is 38.3 Å². The molecule has 1 unspecified atom stereocenters. The third-order valence-corrected chi connectivity index (χ3v) is 6.61. The molecular formula is C30H41N5O8. The number of aliphatic hydroxyl groups excluding tert-OH is 1. The van der Waals surface area contributed by atoms with Crippen molar-refractivity contribution in [2.45, 2.75) is 63.7 Å². The van der Waals surface area contributed by atoms with Crippen LogP contribution in [0.4, 0.5) is 0 Å². The van der Waals surface area contributed by atoms with Crippen molar-refractivity contribution in [3.05, 3.63) is 65.7 Å². The second kappa shape index (κ2) is 16.2. The van der Waals surface area contributed by atoms with Crippen LogP contribution in [-0.2, 0) is 36.8 Å². The molecule has 0 radical (unpaired) electrons. The molecule has 0 fully saturated rings. The van der Waals surface area contributed by atoms with E-state index < -0.39 is 66.4 Å². The number of hydrogen-bond donors (Lipinski definition) is 8. The highest BCUT2D eigenvalue weighted by molar-refractivity contribution is 5.96. The Kier molecular flexibility index (Phi) is 13.1. The number of aliphatic carboxylic acids is 1. The summed E-state index contributed by atoms with van der Waals surface area (Å²) in [6, 6.07) is 11.5. The fraction of sp³-hybridized carbons (Fsp3) is 0.433. The van der Waals surface area contributed by atoms with E-state index in [2.05, 4.69) is 21.3 Å². The third-order valence-electron chi connectivity index (χ3n) is 6.61. The zero-order valence-corrected chi connectivity index (χ0v) is 24.5. The molecule has 0 heterocycles. The van der Waals surface area contributed by atoms with Crippen molar-refractivity contribution >= 4 is 29.6 Å². The van der Waals surface area contributed by atoms with Gasteiger partial charge in [-0.3, -0.25) is 19.2 Å². The Balaban J connectivity index is 2.04. The molecule has 0 aromatic heterocycles. The van der Waals surface area contributed by atoms with E-state index >= 15 is 0 Å². The molecule has 13 nitrogen and oxygen atoms in total. The molecule has 0 aliphatic heterocycles. The van der Waals surface area contributed by atoms with Gasteiger partial charge in [0, 0.05) is 6.42 Å². The number of nitrogens with one attached hydrogen (secondary N) is 4. The Morgan fingerprint density at radius 2 is 1.47 bits per heavy atom. The fourth-order valence-corrected chi connectivity index (χ4v) is 4.14. The van der Waals surface area contributed by atoms with Crippen molar-refractivity contribution < 1.29 is 39.3 Å². The highest BCUT2D eigenvalue weighted by atomic mass is 16.4. The lowest BCUT2D eigenvalue weighted by Gasteiger charge is -2.29. The first-order valence-electron chi connectivity index (χ1n) is 13.8. The standard InChI is InChI=1S/C30H41N5O8/c1-18(2)13-24(28(41)42)34-27(40)23(15-19-7-5-4-6-8-19)33-25(38)16-32-29(43)30(3,17-36)35-26(39)22(31)14-20-9-11-21(37)12-10-20/h4-12,18,22-24,36-37H,13-17,31H2,1-3H3,(H,32,43)(H,33,38)(H,34,40)(H,35,39)(H,41,42)/t22-,23-,24-,30?/m0/s1. The maximum Gasteiger partial charge on any atom is 0.326 e. The number of carboxylic acid groups (broad SMARTS) is 1.